The minimum Gasteiger partial charge on any atom is -0.388 e. The molecule has 0 bridgehead atoms. The van der Waals surface area contributed by atoms with Gasteiger partial charge in [0.15, 0.2) is 0 Å². The van der Waals surface area contributed by atoms with Crippen LogP contribution in [0.4, 0.5) is 5.69 Å². The van der Waals surface area contributed by atoms with E-state index in [1.54, 1.807) is 0 Å². The SMILES string of the molecule is CC[C@H](O)c1ccc(N(C)Cc2nccn2C)cc1. The zero-order valence-corrected chi connectivity index (χ0v) is 11.7. The molecule has 4 nitrogen and oxygen atoms in total. The summed E-state index contributed by atoms with van der Waals surface area (Å²) < 4.78 is 2.02. The third kappa shape index (κ3) is 3.15. The van der Waals surface area contributed by atoms with E-state index < -0.39 is 0 Å². The molecule has 0 aliphatic carbocycles. The zero-order valence-electron chi connectivity index (χ0n) is 11.7. The van der Waals surface area contributed by atoms with Crippen molar-refractivity contribution in [1.82, 2.24) is 9.55 Å². The monoisotopic (exact) mass is 259 g/mol. The van der Waals surface area contributed by atoms with E-state index in [1.807, 2.05) is 62.2 Å². The van der Waals surface area contributed by atoms with Gasteiger partial charge < -0.3 is 14.6 Å². The summed E-state index contributed by atoms with van der Waals surface area (Å²) in [5.41, 5.74) is 2.09. The number of nitrogens with zero attached hydrogens (tertiary/aromatic N) is 3. The Morgan fingerprint density at radius 2 is 2.00 bits per heavy atom. The number of rotatable bonds is 5. The summed E-state index contributed by atoms with van der Waals surface area (Å²) in [4.78, 5) is 6.46. The Balaban J connectivity index is 2.07. The lowest BCUT2D eigenvalue weighted by atomic mass is 10.1. The van der Waals surface area contributed by atoms with Gasteiger partial charge in [-0.25, -0.2) is 4.98 Å². The second kappa shape index (κ2) is 5.89. The van der Waals surface area contributed by atoms with Crippen LogP contribution < -0.4 is 4.90 Å². The van der Waals surface area contributed by atoms with Crippen molar-refractivity contribution in [3.63, 3.8) is 0 Å². The van der Waals surface area contributed by atoms with Gasteiger partial charge in [0.1, 0.15) is 5.82 Å². The zero-order chi connectivity index (χ0) is 13.8. The third-order valence-electron chi connectivity index (χ3n) is 3.40. The topological polar surface area (TPSA) is 41.3 Å². The van der Waals surface area contributed by atoms with Gasteiger partial charge in [-0.3, -0.25) is 0 Å². The molecule has 1 atom stereocenters. The molecule has 102 valence electrons. The van der Waals surface area contributed by atoms with Crippen LogP contribution in [-0.4, -0.2) is 21.7 Å². The van der Waals surface area contributed by atoms with E-state index in [2.05, 4.69) is 9.88 Å². The van der Waals surface area contributed by atoms with Crippen molar-refractivity contribution < 1.29 is 5.11 Å². The standard InChI is InChI=1S/C15H21N3O/c1-4-14(19)12-5-7-13(8-6-12)18(3)11-15-16-9-10-17(15)2/h5-10,14,19H,4,11H2,1-3H3/t14-/m0/s1. The maximum atomic E-state index is 9.78. The number of imidazole rings is 1. The lowest BCUT2D eigenvalue weighted by molar-refractivity contribution is 0.173. The molecule has 19 heavy (non-hydrogen) atoms. The van der Waals surface area contributed by atoms with E-state index in [4.69, 9.17) is 0 Å². The first-order chi connectivity index (χ1) is 9.11. The van der Waals surface area contributed by atoms with Crippen LogP contribution in [0.2, 0.25) is 0 Å². The summed E-state index contributed by atoms with van der Waals surface area (Å²) in [5, 5.41) is 9.78. The minimum absolute atomic E-state index is 0.367. The summed E-state index contributed by atoms with van der Waals surface area (Å²) in [6.07, 6.45) is 4.13. The Hall–Kier alpha value is -1.81. The summed E-state index contributed by atoms with van der Waals surface area (Å²) in [7, 11) is 4.04. The smallest absolute Gasteiger partial charge is 0.127 e. The fourth-order valence-corrected chi connectivity index (χ4v) is 2.04. The molecule has 2 rings (SSSR count). The summed E-state index contributed by atoms with van der Waals surface area (Å²) in [6.45, 7) is 2.74. The van der Waals surface area contributed by atoms with Crippen LogP contribution in [0.1, 0.15) is 30.8 Å². The van der Waals surface area contributed by atoms with Crippen LogP contribution >= 0.6 is 0 Å². The van der Waals surface area contributed by atoms with Crippen LogP contribution in [0.25, 0.3) is 0 Å². The molecule has 1 aromatic carbocycles. The molecular formula is C15H21N3O. The van der Waals surface area contributed by atoms with Crippen LogP contribution in [0, 0.1) is 0 Å². The number of aliphatic hydroxyl groups excluding tert-OH is 1. The van der Waals surface area contributed by atoms with Gasteiger partial charge in [-0.2, -0.15) is 0 Å². The van der Waals surface area contributed by atoms with Crippen molar-refractivity contribution >= 4 is 5.69 Å². The van der Waals surface area contributed by atoms with Crippen LogP contribution in [0.3, 0.4) is 0 Å². The van der Waals surface area contributed by atoms with E-state index in [0.717, 1.165) is 30.0 Å². The molecule has 0 fully saturated rings. The number of anilines is 1. The average Bonchev–Trinajstić information content (AvgIpc) is 2.83. The Morgan fingerprint density at radius 1 is 1.32 bits per heavy atom. The molecule has 0 spiro atoms. The van der Waals surface area contributed by atoms with Gasteiger partial charge in [0, 0.05) is 32.2 Å². The lowest BCUT2D eigenvalue weighted by Gasteiger charge is -2.19. The fraction of sp³-hybridized carbons (Fsp3) is 0.400. The van der Waals surface area contributed by atoms with Crippen molar-refractivity contribution in [3.8, 4) is 0 Å². The molecular weight excluding hydrogens is 238 g/mol. The van der Waals surface area contributed by atoms with E-state index in [1.165, 1.54) is 0 Å². The van der Waals surface area contributed by atoms with Gasteiger partial charge in [-0.05, 0) is 24.1 Å². The number of aryl methyl sites for hydroxylation is 1. The molecule has 0 aliphatic rings. The van der Waals surface area contributed by atoms with Gasteiger partial charge in [0.05, 0.1) is 12.6 Å². The maximum absolute atomic E-state index is 9.78. The third-order valence-corrected chi connectivity index (χ3v) is 3.40. The predicted molar refractivity (Wildman–Crippen MR) is 77.0 cm³/mol. The van der Waals surface area contributed by atoms with E-state index in [-0.39, 0.29) is 6.10 Å². The molecule has 0 saturated carbocycles. The number of hydrogen-bond acceptors (Lipinski definition) is 3. The Kier molecular flexibility index (Phi) is 4.22. The van der Waals surface area contributed by atoms with Crippen molar-refractivity contribution in [2.45, 2.75) is 26.0 Å². The first-order valence-corrected chi connectivity index (χ1v) is 6.57. The van der Waals surface area contributed by atoms with E-state index in [0.29, 0.717) is 0 Å². The molecule has 2 aromatic rings. The normalized spacial score (nSPS) is 12.4. The quantitative estimate of drug-likeness (QED) is 0.897. The molecule has 0 unspecified atom stereocenters. The predicted octanol–water partition coefficient (Wildman–Crippen LogP) is 2.50. The molecule has 4 heteroatoms. The van der Waals surface area contributed by atoms with Crippen LogP contribution in [0.5, 0.6) is 0 Å². The van der Waals surface area contributed by atoms with Crippen LogP contribution in [-0.2, 0) is 13.6 Å². The number of aliphatic hydroxyl groups is 1. The molecule has 1 heterocycles. The van der Waals surface area contributed by atoms with Crippen molar-refractivity contribution in [1.29, 1.82) is 0 Å². The second-order valence-electron chi connectivity index (χ2n) is 4.83. The van der Waals surface area contributed by atoms with Gasteiger partial charge in [-0.15, -0.1) is 0 Å². The van der Waals surface area contributed by atoms with Gasteiger partial charge in [-0.1, -0.05) is 19.1 Å². The summed E-state index contributed by atoms with van der Waals surface area (Å²) in [5.74, 6) is 1.03. The molecule has 0 saturated heterocycles. The number of benzene rings is 1. The van der Waals surface area contributed by atoms with Gasteiger partial charge in [0.25, 0.3) is 0 Å². The van der Waals surface area contributed by atoms with Crippen molar-refractivity contribution in [2.24, 2.45) is 7.05 Å². The van der Waals surface area contributed by atoms with E-state index in [9.17, 15) is 5.11 Å². The molecule has 0 aliphatic heterocycles. The molecule has 0 radical (unpaired) electrons. The van der Waals surface area contributed by atoms with Gasteiger partial charge >= 0.3 is 0 Å². The summed E-state index contributed by atoms with van der Waals surface area (Å²) in [6, 6.07) is 8.05. The lowest BCUT2D eigenvalue weighted by Crippen LogP contribution is -2.18. The largest absolute Gasteiger partial charge is 0.388 e. The number of aromatic nitrogens is 2. The minimum atomic E-state index is -0.367. The molecule has 0 amide bonds. The number of hydrogen-bond donors (Lipinski definition) is 1. The highest BCUT2D eigenvalue weighted by Crippen LogP contribution is 2.21. The van der Waals surface area contributed by atoms with E-state index >= 15 is 0 Å². The van der Waals surface area contributed by atoms with Crippen molar-refractivity contribution in [2.75, 3.05) is 11.9 Å². The first-order valence-electron chi connectivity index (χ1n) is 6.57. The summed E-state index contributed by atoms with van der Waals surface area (Å²) >= 11 is 0. The van der Waals surface area contributed by atoms with Gasteiger partial charge in [0.2, 0.25) is 0 Å². The Bertz CT molecular complexity index is 518. The Morgan fingerprint density at radius 3 is 2.53 bits per heavy atom. The highest BCUT2D eigenvalue weighted by atomic mass is 16.3. The maximum Gasteiger partial charge on any atom is 0.127 e. The Labute approximate surface area is 114 Å². The highest BCUT2D eigenvalue weighted by molar-refractivity contribution is 5.47. The highest BCUT2D eigenvalue weighted by Gasteiger charge is 2.08. The van der Waals surface area contributed by atoms with Crippen molar-refractivity contribution in [3.05, 3.63) is 48.0 Å². The second-order valence-corrected chi connectivity index (χ2v) is 4.83. The average molecular weight is 259 g/mol. The van der Waals surface area contributed by atoms with Crippen LogP contribution in [0.15, 0.2) is 36.7 Å². The molecule has 1 N–H and O–H groups in total. The molecule has 1 aromatic heterocycles. The fourth-order valence-electron chi connectivity index (χ4n) is 2.04. The first kappa shape index (κ1) is 13.6.